The molecule has 0 unspecified atom stereocenters. The Kier molecular flexibility index (Phi) is 3.76. The molecule has 2 aromatic rings. The van der Waals surface area contributed by atoms with Gasteiger partial charge in [0.05, 0.1) is 0 Å². The van der Waals surface area contributed by atoms with Crippen molar-refractivity contribution in [1.82, 2.24) is 9.97 Å². The van der Waals surface area contributed by atoms with Crippen LogP contribution in [-0.2, 0) is 0 Å². The Balaban J connectivity index is 2.34. The number of aryl methyl sites for hydroxylation is 1. The molecular weight excluding hydrogens is 262 g/mol. The van der Waals surface area contributed by atoms with E-state index in [1.165, 1.54) is 11.9 Å². The maximum Gasteiger partial charge on any atom is 0.158 e. The van der Waals surface area contributed by atoms with Gasteiger partial charge in [0.15, 0.2) is 11.0 Å². The molecule has 0 amide bonds. The van der Waals surface area contributed by atoms with Gasteiger partial charge < -0.3 is 16.0 Å². The largest absolute Gasteiger partial charge is 0.393 e. The number of nitrogens with two attached hydrogens (primary N) is 1. The molecule has 2 rings (SSSR count). The zero-order valence-corrected chi connectivity index (χ0v) is 11.9. The number of rotatable bonds is 3. The van der Waals surface area contributed by atoms with Crippen LogP contribution in [0.5, 0.6) is 0 Å². The third-order valence-electron chi connectivity index (χ3n) is 2.79. The summed E-state index contributed by atoms with van der Waals surface area (Å²) >= 11 is 5.86. The van der Waals surface area contributed by atoms with Crippen LogP contribution in [-0.4, -0.2) is 24.1 Å². The molecule has 0 aliphatic rings. The second-order valence-corrected chi connectivity index (χ2v) is 4.81. The van der Waals surface area contributed by atoms with E-state index in [4.69, 9.17) is 17.3 Å². The molecule has 0 saturated carbocycles. The Morgan fingerprint density at radius 3 is 2.68 bits per heavy atom. The van der Waals surface area contributed by atoms with Gasteiger partial charge in [0.2, 0.25) is 0 Å². The molecule has 0 radical (unpaired) electrons. The van der Waals surface area contributed by atoms with E-state index in [2.05, 4.69) is 27.1 Å². The Hall–Kier alpha value is -2.01. The van der Waals surface area contributed by atoms with Crippen molar-refractivity contribution in [2.45, 2.75) is 6.92 Å². The third-order valence-corrected chi connectivity index (χ3v) is 3.09. The quantitative estimate of drug-likeness (QED) is 0.845. The maximum atomic E-state index is 5.86. The summed E-state index contributed by atoms with van der Waals surface area (Å²) in [4.78, 5) is 9.96. The fourth-order valence-corrected chi connectivity index (χ4v) is 1.91. The summed E-state index contributed by atoms with van der Waals surface area (Å²) in [5.74, 6) is 0.508. The molecule has 3 N–H and O–H groups in total. The first-order valence-corrected chi connectivity index (χ1v) is 6.18. The second-order valence-electron chi connectivity index (χ2n) is 4.45. The summed E-state index contributed by atoms with van der Waals surface area (Å²) < 4.78 is 0. The highest BCUT2D eigenvalue weighted by molar-refractivity contribution is 6.32. The summed E-state index contributed by atoms with van der Waals surface area (Å²) in [5.41, 5.74) is 9.40. The zero-order chi connectivity index (χ0) is 14.0. The molecule has 100 valence electrons. The standard InChI is InChI=1S/C13H16ClN5/c1-8-4-5-9(6-10(8)19(2)3)18-13-11(15)12(14)16-7-17-13/h4-7H,15H2,1-3H3,(H,16,17,18). The van der Waals surface area contributed by atoms with E-state index in [9.17, 15) is 0 Å². The van der Waals surface area contributed by atoms with Gasteiger partial charge in [0.25, 0.3) is 0 Å². The molecular formula is C13H16ClN5. The van der Waals surface area contributed by atoms with Crippen LogP contribution in [0.2, 0.25) is 5.15 Å². The summed E-state index contributed by atoms with van der Waals surface area (Å²) in [7, 11) is 4.00. The van der Waals surface area contributed by atoms with E-state index in [0.717, 1.165) is 11.4 Å². The summed E-state index contributed by atoms with van der Waals surface area (Å²) in [6.07, 6.45) is 1.38. The molecule has 6 heteroatoms. The Morgan fingerprint density at radius 2 is 2.00 bits per heavy atom. The monoisotopic (exact) mass is 277 g/mol. The van der Waals surface area contributed by atoms with Crippen molar-refractivity contribution in [3.63, 3.8) is 0 Å². The van der Waals surface area contributed by atoms with Gasteiger partial charge in [-0.3, -0.25) is 0 Å². The number of benzene rings is 1. The molecule has 0 aliphatic heterocycles. The smallest absolute Gasteiger partial charge is 0.158 e. The van der Waals surface area contributed by atoms with Crippen LogP contribution in [0.1, 0.15) is 5.56 Å². The number of hydrogen-bond acceptors (Lipinski definition) is 5. The topological polar surface area (TPSA) is 67.1 Å². The minimum absolute atomic E-state index is 0.248. The van der Waals surface area contributed by atoms with E-state index >= 15 is 0 Å². The van der Waals surface area contributed by atoms with Crippen molar-refractivity contribution in [3.05, 3.63) is 35.2 Å². The molecule has 0 fully saturated rings. The average molecular weight is 278 g/mol. The number of halogens is 1. The lowest BCUT2D eigenvalue weighted by Crippen LogP contribution is -2.10. The normalized spacial score (nSPS) is 10.3. The number of nitrogens with zero attached hydrogens (tertiary/aromatic N) is 3. The molecule has 0 aliphatic carbocycles. The first kappa shape index (κ1) is 13.4. The maximum absolute atomic E-state index is 5.86. The molecule has 1 aromatic heterocycles. The zero-order valence-electron chi connectivity index (χ0n) is 11.1. The lowest BCUT2D eigenvalue weighted by molar-refractivity contribution is 1.11. The summed E-state index contributed by atoms with van der Waals surface area (Å²) in [6.45, 7) is 2.06. The van der Waals surface area contributed by atoms with Crippen molar-refractivity contribution in [1.29, 1.82) is 0 Å². The fourth-order valence-electron chi connectivity index (χ4n) is 1.78. The SMILES string of the molecule is Cc1ccc(Nc2ncnc(Cl)c2N)cc1N(C)C. The van der Waals surface area contributed by atoms with E-state index < -0.39 is 0 Å². The van der Waals surface area contributed by atoms with E-state index in [1.807, 2.05) is 32.3 Å². The number of nitrogen functional groups attached to an aromatic ring is 1. The van der Waals surface area contributed by atoms with Crippen molar-refractivity contribution in [2.24, 2.45) is 0 Å². The van der Waals surface area contributed by atoms with Crippen LogP contribution in [0.15, 0.2) is 24.5 Å². The van der Waals surface area contributed by atoms with Crippen LogP contribution >= 0.6 is 11.6 Å². The van der Waals surface area contributed by atoms with Crippen molar-refractivity contribution < 1.29 is 0 Å². The first-order chi connectivity index (χ1) is 8.99. The van der Waals surface area contributed by atoms with Gasteiger partial charge in [0, 0.05) is 25.5 Å². The lowest BCUT2D eigenvalue weighted by Gasteiger charge is -2.17. The van der Waals surface area contributed by atoms with Gasteiger partial charge in [-0.05, 0) is 24.6 Å². The van der Waals surface area contributed by atoms with Gasteiger partial charge in [-0.2, -0.15) is 0 Å². The fraction of sp³-hybridized carbons (Fsp3) is 0.231. The highest BCUT2D eigenvalue weighted by atomic mass is 35.5. The van der Waals surface area contributed by atoms with Crippen molar-refractivity contribution in [2.75, 3.05) is 30.0 Å². The molecule has 0 atom stereocenters. The molecule has 0 bridgehead atoms. The van der Waals surface area contributed by atoms with Crippen LogP contribution < -0.4 is 16.0 Å². The minimum Gasteiger partial charge on any atom is -0.393 e. The van der Waals surface area contributed by atoms with Crippen molar-refractivity contribution in [3.8, 4) is 0 Å². The highest BCUT2D eigenvalue weighted by Gasteiger charge is 2.08. The van der Waals surface area contributed by atoms with Crippen LogP contribution in [0, 0.1) is 6.92 Å². The number of nitrogens with one attached hydrogen (secondary N) is 1. The van der Waals surface area contributed by atoms with Gasteiger partial charge in [-0.1, -0.05) is 17.7 Å². The predicted octanol–water partition coefficient (Wildman–Crippen LogP) is 2.83. The Bertz CT molecular complexity index is 598. The number of anilines is 4. The molecule has 0 saturated heterocycles. The first-order valence-electron chi connectivity index (χ1n) is 5.80. The van der Waals surface area contributed by atoms with Crippen molar-refractivity contribution >= 4 is 34.5 Å². The molecule has 1 heterocycles. The summed E-state index contributed by atoms with van der Waals surface area (Å²) in [6, 6.07) is 6.04. The van der Waals surface area contributed by atoms with Gasteiger partial charge in [-0.15, -0.1) is 0 Å². The Morgan fingerprint density at radius 1 is 1.26 bits per heavy atom. The van der Waals surface area contributed by atoms with E-state index in [0.29, 0.717) is 11.5 Å². The highest BCUT2D eigenvalue weighted by Crippen LogP contribution is 2.28. The lowest BCUT2D eigenvalue weighted by atomic mass is 10.1. The minimum atomic E-state index is 0.248. The third kappa shape index (κ3) is 2.88. The molecule has 1 aromatic carbocycles. The van der Waals surface area contributed by atoms with E-state index in [1.54, 1.807) is 0 Å². The number of hydrogen-bond donors (Lipinski definition) is 2. The second kappa shape index (κ2) is 5.32. The van der Waals surface area contributed by atoms with Crippen LogP contribution in [0.3, 0.4) is 0 Å². The van der Waals surface area contributed by atoms with E-state index in [-0.39, 0.29) is 5.15 Å². The molecule has 0 spiro atoms. The van der Waals surface area contributed by atoms with Crippen LogP contribution in [0.4, 0.5) is 22.9 Å². The average Bonchev–Trinajstić information content (AvgIpc) is 2.37. The predicted molar refractivity (Wildman–Crippen MR) is 80.2 cm³/mol. The van der Waals surface area contributed by atoms with Gasteiger partial charge in [-0.25, -0.2) is 9.97 Å². The molecule has 5 nitrogen and oxygen atoms in total. The molecule has 19 heavy (non-hydrogen) atoms. The summed E-state index contributed by atoms with van der Waals surface area (Å²) in [5, 5.41) is 3.40. The van der Waals surface area contributed by atoms with Gasteiger partial charge >= 0.3 is 0 Å². The number of aromatic nitrogens is 2. The Labute approximate surface area is 117 Å². The van der Waals surface area contributed by atoms with Gasteiger partial charge in [0.1, 0.15) is 12.0 Å². The van der Waals surface area contributed by atoms with Crippen LogP contribution in [0.25, 0.3) is 0 Å².